The van der Waals surface area contributed by atoms with Crippen molar-refractivity contribution in [3.8, 4) is 0 Å². The zero-order chi connectivity index (χ0) is 12.5. The average Bonchev–Trinajstić information content (AvgIpc) is 2.31. The first-order valence-electron chi connectivity index (χ1n) is 5.95. The maximum absolute atomic E-state index is 9.65. The van der Waals surface area contributed by atoms with Crippen molar-refractivity contribution in [2.45, 2.75) is 65.8 Å². The Morgan fingerprint density at radius 1 is 1.27 bits per heavy atom. The van der Waals surface area contributed by atoms with Crippen LogP contribution in [0, 0.1) is 0 Å². The highest BCUT2D eigenvalue weighted by Crippen LogP contribution is 2.27. The molecule has 1 unspecified atom stereocenters. The molecule has 3 atom stereocenters. The molecule has 3 nitrogen and oxygen atoms in total. The summed E-state index contributed by atoms with van der Waals surface area (Å²) in [6.07, 6.45) is 0.129. The quantitative estimate of drug-likeness (QED) is 0.738. The van der Waals surface area contributed by atoms with E-state index in [2.05, 4.69) is 0 Å². The van der Waals surface area contributed by atoms with Crippen molar-refractivity contribution in [2.75, 3.05) is 13.7 Å². The Morgan fingerprint density at radius 2 is 1.73 bits per heavy atom. The van der Waals surface area contributed by atoms with Gasteiger partial charge in [-0.2, -0.15) is 0 Å². The van der Waals surface area contributed by atoms with Crippen LogP contribution in [0.15, 0.2) is 0 Å². The Hall–Kier alpha value is -0.120. The van der Waals surface area contributed by atoms with Crippen LogP contribution in [0.4, 0.5) is 0 Å². The number of hydrogen-bond donors (Lipinski definition) is 1. The molecule has 1 N–H and O–H groups in total. The van der Waals surface area contributed by atoms with Gasteiger partial charge in [-0.1, -0.05) is 27.7 Å². The zero-order valence-corrected chi connectivity index (χ0v) is 11.3. The van der Waals surface area contributed by atoms with Crippen molar-refractivity contribution in [2.24, 2.45) is 0 Å². The van der Waals surface area contributed by atoms with E-state index in [1.54, 1.807) is 7.11 Å². The standard InChI is InChI=1S/C8H16O3.2C2H6/c1-6-7(9)8(2,10-3)4-5-11-6;2*1-2/h6-7,9H,4-5H2,1-3H3;2*1-2H3/t6?,7-,8+;;/m0../s1. The minimum atomic E-state index is -0.513. The highest BCUT2D eigenvalue weighted by atomic mass is 16.5. The Morgan fingerprint density at radius 3 is 2.07 bits per heavy atom. The molecule has 1 fully saturated rings. The number of aliphatic hydroxyl groups excluding tert-OH is 1. The Labute approximate surface area is 94.8 Å². The van der Waals surface area contributed by atoms with Crippen molar-refractivity contribution in [1.82, 2.24) is 0 Å². The fourth-order valence-corrected chi connectivity index (χ4v) is 1.41. The van der Waals surface area contributed by atoms with E-state index < -0.39 is 11.7 Å². The van der Waals surface area contributed by atoms with Crippen LogP contribution < -0.4 is 0 Å². The summed E-state index contributed by atoms with van der Waals surface area (Å²) in [6, 6.07) is 0. The third kappa shape index (κ3) is 4.96. The molecule has 0 bridgehead atoms. The molecule has 1 aliphatic rings. The number of rotatable bonds is 1. The molecule has 0 aromatic carbocycles. The van der Waals surface area contributed by atoms with Gasteiger partial charge in [-0.3, -0.25) is 0 Å². The van der Waals surface area contributed by atoms with Crippen LogP contribution in [0.1, 0.15) is 48.0 Å². The monoisotopic (exact) mass is 220 g/mol. The van der Waals surface area contributed by atoms with Crippen molar-refractivity contribution in [3.05, 3.63) is 0 Å². The van der Waals surface area contributed by atoms with Crippen LogP contribution in [0.5, 0.6) is 0 Å². The van der Waals surface area contributed by atoms with Gasteiger partial charge < -0.3 is 14.6 Å². The van der Waals surface area contributed by atoms with Gasteiger partial charge in [0.25, 0.3) is 0 Å². The van der Waals surface area contributed by atoms with E-state index in [1.807, 2.05) is 41.5 Å². The van der Waals surface area contributed by atoms with Gasteiger partial charge in [-0.15, -0.1) is 0 Å². The van der Waals surface area contributed by atoms with Gasteiger partial charge in [0.2, 0.25) is 0 Å². The molecule has 15 heavy (non-hydrogen) atoms. The molecular weight excluding hydrogens is 192 g/mol. The molecule has 1 heterocycles. The molecule has 0 spiro atoms. The van der Waals surface area contributed by atoms with Crippen LogP contribution in [0.3, 0.4) is 0 Å². The van der Waals surface area contributed by atoms with E-state index in [-0.39, 0.29) is 6.10 Å². The normalized spacial score (nSPS) is 34.4. The Kier molecular flexibility index (Phi) is 10.5. The summed E-state index contributed by atoms with van der Waals surface area (Å²) in [5.41, 5.74) is -0.419. The van der Waals surface area contributed by atoms with Crippen LogP contribution in [-0.2, 0) is 9.47 Å². The number of hydrogen-bond acceptors (Lipinski definition) is 3. The molecular formula is C12H28O3. The maximum Gasteiger partial charge on any atom is 0.109 e. The third-order valence-electron chi connectivity index (χ3n) is 2.52. The minimum Gasteiger partial charge on any atom is -0.387 e. The van der Waals surface area contributed by atoms with Gasteiger partial charge in [0.1, 0.15) is 6.10 Å². The minimum absolute atomic E-state index is 0.117. The van der Waals surface area contributed by atoms with Crippen LogP contribution >= 0.6 is 0 Å². The second kappa shape index (κ2) is 9.13. The lowest BCUT2D eigenvalue weighted by atomic mass is 9.89. The summed E-state index contributed by atoms with van der Waals surface area (Å²) in [5, 5.41) is 9.65. The molecule has 0 amide bonds. The van der Waals surface area contributed by atoms with Gasteiger partial charge in [0.15, 0.2) is 0 Å². The lowest BCUT2D eigenvalue weighted by Gasteiger charge is -2.40. The second-order valence-electron chi connectivity index (χ2n) is 3.29. The molecule has 3 heteroatoms. The Balaban J connectivity index is 0. The molecule has 0 aliphatic carbocycles. The zero-order valence-electron chi connectivity index (χ0n) is 11.3. The summed E-state index contributed by atoms with van der Waals surface area (Å²) in [6.45, 7) is 12.4. The molecule has 1 aliphatic heterocycles. The van der Waals surface area contributed by atoms with Gasteiger partial charge in [0, 0.05) is 20.1 Å². The average molecular weight is 220 g/mol. The highest BCUT2D eigenvalue weighted by Gasteiger charge is 2.40. The fourth-order valence-electron chi connectivity index (χ4n) is 1.41. The molecule has 1 rings (SSSR count). The van der Waals surface area contributed by atoms with E-state index in [4.69, 9.17) is 9.47 Å². The van der Waals surface area contributed by atoms with E-state index in [0.717, 1.165) is 6.42 Å². The molecule has 0 radical (unpaired) electrons. The van der Waals surface area contributed by atoms with Gasteiger partial charge in [0.05, 0.1) is 11.7 Å². The number of aliphatic hydroxyl groups is 1. The predicted octanol–water partition coefficient (Wildman–Crippen LogP) is 2.61. The van der Waals surface area contributed by atoms with Gasteiger partial charge in [-0.25, -0.2) is 0 Å². The number of methoxy groups -OCH3 is 1. The molecule has 0 aromatic heterocycles. The van der Waals surface area contributed by atoms with Crippen molar-refractivity contribution in [3.63, 3.8) is 0 Å². The lowest BCUT2D eigenvalue weighted by Crippen LogP contribution is -2.52. The van der Waals surface area contributed by atoms with Crippen molar-refractivity contribution >= 4 is 0 Å². The third-order valence-corrected chi connectivity index (χ3v) is 2.52. The van der Waals surface area contributed by atoms with E-state index in [1.165, 1.54) is 0 Å². The van der Waals surface area contributed by atoms with Crippen LogP contribution in [0.25, 0.3) is 0 Å². The SMILES string of the molecule is CC.CC.CO[C@]1(C)CCOC(C)[C@@H]1O. The summed E-state index contributed by atoms with van der Waals surface area (Å²) in [4.78, 5) is 0. The summed E-state index contributed by atoms with van der Waals surface area (Å²) in [7, 11) is 1.63. The second-order valence-corrected chi connectivity index (χ2v) is 3.29. The van der Waals surface area contributed by atoms with Crippen LogP contribution in [-0.4, -0.2) is 36.6 Å². The lowest BCUT2D eigenvalue weighted by molar-refractivity contribution is -0.188. The maximum atomic E-state index is 9.65. The van der Waals surface area contributed by atoms with Gasteiger partial charge in [-0.05, 0) is 13.8 Å². The van der Waals surface area contributed by atoms with E-state index >= 15 is 0 Å². The van der Waals surface area contributed by atoms with E-state index in [0.29, 0.717) is 6.61 Å². The predicted molar refractivity (Wildman–Crippen MR) is 64.1 cm³/mol. The highest BCUT2D eigenvalue weighted by molar-refractivity contribution is 4.90. The first kappa shape index (κ1) is 17.3. The largest absolute Gasteiger partial charge is 0.387 e. The molecule has 94 valence electrons. The smallest absolute Gasteiger partial charge is 0.109 e. The topological polar surface area (TPSA) is 38.7 Å². The fraction of sp³-hybridized carbons (Fsp3) is 1.00. The first-order chi connectivity index (χ1) is 7.10. The summed E-state index contributed by atoms with van der Waals surface area (Å²) in [5.74, 6) is 0. The van der Waals surface area contributed by atoms with Crippen LogP contribution in [0.2, 0.25) is 0 Å². The van der Waals surface area contributed by atoms with E-state index in [9.17, 15) is 5.11 Å². The Bertz CT molecular complexity index is 139. The van der Waals surface area contributed by atoms with Crippen molar-refractivity contribution < 1.29 is 14.6 Å². The van der Waals surface area contributed by atoms with Gasteiger partial charge >= 0.3 is 0 Å². The molecule has 1 saturated heterocycles. The molecule has 0 saturated carbocycles. The van der Waals surface area contributed by atoms with Crippen molar-refractivity contribution in [1.29, 1.82) is 0 Å². The summed E-state index contributed by atoms with van der Waals surface area (Å²) >= 11 is 0. The molecule has 0 aromatic rings. The summed E-state index contributed by atoms with van der Waals surface area (Å²) < 4.78 is 10.5. The number of ether oxygens (including phenoxy) is 2. The first-order valence-corrected chi connectivity index (χ1v) is 5.95.